The van der Waals surface area contributed by atoms with E-state index < -0.39 is 11.7 Å². The number of pyridine rings is 2. The molecule has 4 aromatic rings. The Morgan fingerprint density at radius 3 is 2.49 bits per heavy atom. The van der Waals surface area contributed by atoms with Crippen LogP contribution in [0, 0.1) is 11.2 Å². The number of benzene rings is 1. The largest absolute Gasteiger partial charge is 0.351 e. The second kappa shape index (κ2) is 9.73. The molecule has 0 radical (unpaired) electrons. The topological polar surface area (TPSA) is 102 Å². The highest BCUT2D eigenvalue weighted by molar-refractivity contribution is 5.82. The lowest BCUT2D eigenvalue weighted by Gasteiger charge is -2.35. The number of halogens is 1. The van der Waals surface area contributed by atoms with E-state index in [9.17, 15) is 9.18 Å². The molecule has 0 bridgehead atoms. The number of rotatable bonds is 6. The quantitative estimate of drug-likeness (QED) is 0.438. The summed E-state index contributed by atoms with van der Waals surface area (Å²) in [6, 6.07) is 13.6. The summed E-state index contributed by atoms with van der Waals surface area (Å²) in [7, 11) is 0. The van der Waals surface area contributed by atoms with Gasteiger partial charge in [0.25, 0.3) is 0 Å². The van der Waals surface area contributed by atoms with E-state index in [0.717, 1.165) is 22.4 Å². The first kappa shape index (κ1) is 22.8. The summed E-state index contributed by atoms with van der Waals surface area (Å²) in [5.74, 6) is -0.0207. The molecule has 0 unspecified atom stereocenters. The van der Waals surface area contributed by atoms with Gasteiger partial charge in [0, 0.05) is 42.5 Å². The molecule has 1 aliphatic heterocycles. The van der Waals surface area contributed by atoms with Crippen LogP contribution < -0.4 is 5.32 Å². The fourth-order valence-corrected chi connectivity index (χ4v) is 3.84. The van der Waals surface area contributed by atoms with Crippen molar-refractivity contribution in [2.75, 3.05) is 13.2 Å². The minimum atomic E-state index is -0.848. The number of imidazole rings is 1. The Bertz CT molecular complexity index is 1290. The summed E-state index contributed by atoms with van der Waals surface area (Å²) < 4.78 is 25.4. The standard InChI is InChI=1S/C26H24FN5O3/c1-26(25(33)30-14-17-3-2-10-29-13-17)15-34-24(35-16-26)23-31-21(18-4-6-20(27)7-5-18)22(32-23)19-8-11-28-12-9-19/h2-13,24H,14-16H2,1H3,(H,30,33)(H,31,32). The van der Waals surface area contributed by atoms with Gasteiger partial charge < -0.3 is 19.8 Å². The average molecular weight is 474 g/mol. The first-order chi connectivity index (χ1) is 17.0. The number of aromatic amines is 1. The molecular formula is C26H24FN5O3. The maximum atomic E-state index is 13.5. The Hall–Kier alpha value is -3.95. The van der Waals surface area contributed by atoms with Crippen LogP contribution in [0.15, 0.2) is 73.3 Å². The number of ether oxygens (including phenoxy) is 2. The number of amides is 1. The van der Waals surface area contributed by atoms with Crippen molar-refractivity contribution in [3.8, 4) is 22.5 Å². The molecule has 1 aromatic carbocycles. The van der Waals surface area contributed by atoms with Gasteiger partial charge in [-0.25, -0.2) is 9.37 Å². The van der Waals surface area contributed by atoms with E-state index in [4.69, 9.17) is 14.5 Å². The number of carbonyl (C=O) groups is 1. The molecular weight excluding hydrogens is 449 g/mol. The fourth-order valence-electron chi connectivity index (χ4n) is 3.84. The number of aromatic nitrogens is 4. The molecule has 8 nitrogen and oxygen atoms in total. The van der Waals surface area contributed by atoms with E-state index in [1.165, 1.54) is 12.1 Å². The molecule has 1 fully saturated rings. The van der Waals surface area contributed by atoms with Gasteiger partial charge in [0.05, 0.1) is 30.0 Å². The van der Waals surface area contributed by atoms with E-state index in [2.05, 4.69) is 20.3 Å². The SMILES string of the molecule is CC1(C(=O)NCc2cccnc2)COC(c2nc(-c3ccc(F)cc3)c(-c3ccncc3)[nH]2)OC1. The third kappa shape index (κ3) is 4.96. The molecule has 0 saturated carbocycles. The Morgan fingerprint density at radius 2 is 1.80 bits per heavy atom. The predicted molar refractivity (Wildman–Crippen MR) is 126 cm³/mol. The van der Waals surface area contributed by atoms with Crippen LogP contribution in [0.25, 0.3) is 22.5 Å². The van der Waals surface area contributed by atoms with Crippen LogP contribution in [0.1, 0.15) is 24.6 Å². The van der Waals surface area contributed by atoms with Gasteiger partial charge >= 0.3 is 0 Å². The zero-order valence-electron chi connectivity index (χ0n) is 19.1. The lowest BCUT2D eigenvalue weighted by molar-refractivity contribution is -0.231. The van der Waals surface area contributed by atoms with E-state index in [1.54, 1.807) is 43.8 Å². The van der Waals surface area contributed by atoms with Crippen molar-refractivity contribution in [1.29, 1.82) is 0 Å². The van der Waals surface area contributed by atoms with Gasteiger partial charge in [0.2, 0.25) is 12.2 Å². The van der Waals surface area contributed by atoms with Crippen molar-refractivity contribution >= 4 is 5.91 Å². The molecule has 35 heavy (non-hydrogen) atoms. The third-order valence-corrected chi connectivity index (χ3v) is 5.86. The van der Waals surface area contributed by atoms with Gasteiger partial charge in [-0.15, -0.1) is 0 Å². The van der Waals surface area contributed by atoms with Crippen LogP contribution in [-0.4, -0.2) is 39.1 Å². The van der Waals surface area contributed by atoms with Gasteiger partial charge in [0.1, 0.15) is 5.82 Å². The maximum Gasteiger partial charge on any atom is 0.230 e. The average Bonchev–Trinajstić information content (AvgIpc) is 3.35. The lowest BCUT2D eigenvalue weighted by atomic mass is 9.91. The molecule has 4 heterocycles. The third-order valence-electron chi connectivity index (χ3n) is 5.86. The van der Waals surface area contributed by atoms with E-state index in [-0.39, 0.29) is 24.9 Å². The summed E-state index contributed by atoms with van der Waals surface area (Å²) in [4.78, 5) is 29.0. The van der Waals surface area contributed by atoms with Crippen molar-refractivity contribution in [2.24, 2.45) is 5.41 Å². The highest BCUT2D eigenvalue weighted by Crippen LogP contribution is 2.35. The van der Waals surface area contributed by atoms with Gasteiger partial charge in [-0.05, 0) is 55.0 Å². The summed E-state index contributed by atoms with van der Waals surface area (Å²) in [6.45, 7) is 2.50. The normalized spacial score (nSPS) is 19.9. The van der Waals surface area contributed by atoms with E-state index >= 15 is 0 Å². The molecule has 0 atom stereocenters. The molecule has 0 spiro atoms. The number of H-pyrrole nitrogens is 1. The Morgan fingerprint density at radius 1 is 1.06 bits per heavy atom. The fraction of sp³-hybridized carbons (Fsp3) is 0.231. The predicted octanol–water partition coefficient (Wildman–Crippen LogP) is 4.04. The first-order valence-electron chi connectivity index (χ1n) is 11.2. The summed E-state index contributed by atoms with van der Waals surface area (Å²) >= 11 is 0. The van der Waals surface area contributed by atoms with E-state index in [1.807, 2.05) is 24.3 Å². The van der Waals surface area contributed by atoms with Gasteiger partial charge in [-0.3, -0.25) is 14.8 Å². The van der Waals surface area contributed by atoms with Crippen molar-refractivity contribution in [1.82, 2.24) is 25.3 Å². The number of hydrogen-bond donors (Lipinski definition) is 2. The van der Waals surface area contributed by atoms with Crippen LogP contribution in [0.2, 0.25) is 0 Å². The van der Waals surface area contributed by atoms with Crippen molar-refractivity contribution in [3.63, 3.8) is 0 Å². The zero-order valence-corrected chi connectivity index (χ0v) is 19.1. The van der Waals surface area contributed by atoms with E-state index in [0.29, 0.717) is 18.1 Å². The number of carbonyl (C=O) groups excluding carboxylic acids is 1. The molecule has 178 valence electrons. The molecule has 0 aliphatic carbocycles. The zero-order chi connectivity index (χ0) is 24.3. The van der Waals surface area contributed by atoms with Crippen LogP contribution in [0.4, 0.5) is 4.39 Å². The molecule has 1 amide bonds. The van der Waals surface area contributed by atoms with Crippen molar-refractivity contribution in [2.45, 2.75) is 19.8 Å². The minimum absolute atomic E-state index is 0.160. The Kier molecular flexibility index (Phi) is 6.35. The molecule has 1 aliphatic rings. The second-order valence-electron chi connectivity index (χ2n) is 8.65. The first-order valence-corrected chi connectivity index (χ1v) is 11.2. The molecule has 2 N–H and O–H groups in total. The number of nitrogens with one attached hydrogen (secondary N) is 2. The van der Waals surface area contributed by atoms with Crippen LogP contribution in [-0.2, 0) is 20.8 Å². The molecule has 9 heteroatoms. The second-order valence-corrected chi connectivity index (χ2v) is 8.65. The Balaban J connectivity index is 1.33. The molecule has 1 saturated heterocycles. The van der Waals surface area contributed by atoms with Crippen LogP contribution in [0.5, 0.6) is 0 Å². The van der Waals surface area contributed by atoms with Gasteiger partial charge in [-0.2, -0.15) is 0 Å². The summed E-state index contributed by atoms with van der Waals surface area (Å²) in [5, 5.41) is 2.93. The number of hydrogen-bond acceptors (Lipinski definition) is 6. The van der Waals surface area contributed by atoms with Gasteiger partial charge in [0.15, 0.2) is 5.82 Å². The Labute approximate surface area is 201 Å². The highest BCUT2D eigenvalue weighted by atomic mass is 19.1. The minimum Gasteiger partial charge on any atom is -0.351 e. The van der Waals surface area contributed by atoms with Crippen LogP contribution in [0.3, 0.4) is 0 Å². The van der Waals surface area contributed by atoms with Crippen molar-refractivity contribution < 1.29 is 18.7 Å². The molecule has 3 aromatic heterocycles. The molecule has 5 rings (SSSR count). The highest BCUT2D eigenvalue weighted by Gasteiger charge is 2.40. The van der Waals surface area contributed by atoms with Crippen LogP contribution >= 0.6 is 0 Å². The summed E-state index contributed by atoms with van der Waals surface area (Å²) in [6.07, 6.45) is 6.00. The monoisotopic (exact) mass is 473 g/mol. The smallest absolute Gasteiger partial charge is 0.230 e. The summed E-state index contributed by atoms with van der Waals surface area (Å²) in [5.41, 5.74) is 3.06. The maximum absolute atomic E-state index is 13.5. The number of nitrogens with zero attached hydrogens (tertiary/aromatic N) is 3. The van der Waals surface area contributed by atoms with Gasteiger partial charge in [-0.1, -0.05) is 6.07 Å². The lowest BCUT2D eigenvalue weighted by Crippen LogP contribution is -2.48. The van der Waals surface area contributed by atoms with Crippen molar-refractivity contribution in [3.05, 3.63) is 90.5 Å².